The van der Waals surface area contributed by atoms with Crippen LogP contribution in [0.15, 0.2) is 0 Å². The highest BCUT2D eigenvalue weighted by Crippen LogP contribution is 2.46. The third kappa shape index (κ3) is 1.93. The van der Waals surface area contributed by atoms with Gasteiger partial charge in [0.15, 0.2) is 0 Å². The summed E-state index contributed by atoms with van der Waals surface area (Å²) in [6.07, 6.45) is 4.92. The number of rotatable bonds is 2. The number of nitriles is 1. The first-order chi connectivity index (χ1) is 6.65. The Balaban J connectivity index is 1.93. The molecule has 0 spiro atoms. The van der Waals surface area contributed by atoms with Gasteiger partial charge >= 0.3 is 0 Å². The molecule has 0 aromatic rings. The van der Waals surface area contributed by atoms with Crippen molar-refractivity contribution < 1.29 is 0 Å². The second kappa shape index (κ2) is 3.55. The number of likely N-dealkylation sites (tertiary alicyclic amines) is 1. The largest absolute Gasteiger partial charge is 0.299 e. The van der Waals surface area contributed by atoms with E-state index in [1.807, 2.05) is 0 Å². The van der Waals surface area contributed by atoms with E-state index < -0.39 is 0 Å². The Morgan fingerprint density at radius 1 is 1.36 bits per heavy atom. The molecule has 14 heavy (non-hydrogen) atoms. The molecule has 0 bridgehead atoms. The molecule has 2 heteroatoms. The molecule has 1 aliphatic heterocycles. The number of nitrogens with zero attached hydrogens (tertiary/aromatic N) is 2. The highest BCUT2D eigenvalue weighted by atomic mass is 15.2. The number of hydrogen-bond donors (Lipinski definition) is 0. The molecule has 2 unspecified atom stereocenters. The second-order valence-corrected chi connectivity index (χ2v) is 5.35. The van der Waals surface area contributed by atoms with Crippen LogP contribution >= 0.6 is 0 Å². The first-order valence-electron chi connectivity index (χ1n) is 5.80. The fraction of sp³-hybridized carbons (Fsp3) is 0.917. The van der Waals surface area contributed by atoms with Crippen LogP contribution in [0.4, 0.5) is 0 Å². The molecule has 1 aliphatic carbocycles. The van der Waals surface area contributed by atoms with Gasteiger partial charge in [-0.05, 0) is 38.5 Å². The summed E-state index contributed by atoms with van der Waals surface area (Å²) in [5.41, 5.74) is 0.0469. The summed E-state index contributed by atoms with van der Waals surface area (Å²) in [4.78, 5) is 2.53. The van der Waals surface area contributed by atoms with Gasteiger partial charge in [-0.25, -0.2) is 0 Å². The maximum atomic E-state index is 9.06. The molecule has 0 aromatic heterocycles. The van der Waals surface area contributed by atoms with Gasteiger partial charge in [0.1, 0.15) is 0 Å². The molecule has 0 radical (unpaired) electrons. The van der Waals surface area contributed by atoms with Crippen LogP contribution < -0.4 is 0 Å². The summed E-state index contributed by atoms with van der Waals surface area (Å²) in [5, 5.41) is 9.06. The standard InChI is InChI=1S/C12H20N2/c1-10-3-4-11(2)14(7-10)9-12(8-13)5-6-12/h10-11H,3-7,9H2,1-2H3. The minimum absolute atomic E-state index is 0.0469. The molecule has 2 rings (SSSR count). The molecule has 1 saturated carbocycles. The molecular weight excluding hydrogens is 172 g/mol. The van der Waals surface area contributed by atoms with Crippen molar-refractivity contribution >= 4 is 0 Å². The van der Waals surface area contributed by atoms with E-state index in [9.17, 15) is 0 Å². The van der Waals surface area contributed by atoms with E-state index in [2.05, 4.69) is 24.8 Å². The van der Waals surface area contributed by atoms with E-state index in [1.54, 1.807) is 0 Å². The molecule has 0 amide bonds. The van der Waals surface area contributed by atoms with Crippen LogP contribution in [0.1, 0.15) is 39.5 Å². The van der Waals surface area contributed by atoms with E-state index >= 15 is 0 Å². The Bertz CT molecular complexity index is 250. The Labute approximate surface area is 86.9 Å². The van der Waals surface area contributed by atoms with Crippen LogP contribution in [-0.4, -0.2) is 24.0 Å². The topological polar surface area (TPSA) is 27.0 Å². The molecule has 1 saturated heterocycles. The molecule has 0 aromatic carbocycles. The molecule has 78 valence electrons. The fourth-order valence-electron chi connectivity index (χ4n) is 2.45. The SMILES string of the molecule is CC1CCC(C)N(CC2(C#N)CC2)C1. The third-order valence-electron chi connectivity index (χ3n) is 3.84. The average Bonchev–Trinajstić information content (AvgIpc) is 2.92. The lowest BCUT2D eigenvalue weighted by Crippen LogP contribution is -2.43. The monoisotopic (exact) mass is 192 g/mol. The van der Waals surface area contributed by atoms with Gasteiger partial charge < -0.3 is 0 Å². The molecule has 0 N–H and O–H groups in total. The lowest BCUT2D eigenvalue weighted by atomic mass is 9.93. The van der Waals surface area contributed by atoms with Crippen molar-refractivity contribution in [1.29, 1.82) is 5.26 Å². The van der Waals surface area contributed by atoms with Crippen LogP contribution in [0, 0.1) is 22.7 Å². The third-order valence-corrected chi connectivity index (χ3v) is 3.84. The van der Waals surface area contributed by atoms with Crippen LogP contribution in [0.2, 0.25) is 0 Å². The van der Waals surface area contributed by atoms with Crippen LogP contribution in [-0.2, 0) is 0 Å². The highest BCUT2D eigenvalue weighted by Gasteiger charge is 2.45. The van der Waals surface area contributed by atoms with Gasteiger partial charge in [0.05, 0.1) is 11.5 Å². The van der Waals surface area contributed by atoms with Gasteiger partial charge in [0.25, 0.3) is 0 Å². The maximum absolute atomic E-state index is 9.06. The normalized spacial score (nSPS) is 36.4. The summed E-state index contributed by atoms with van der Waals surface area (Å²) in [6, 6.07) is 3.19. The quantitative estimate of drug-likeness (QED) is 0.672. The lowest BCUT2D eigenvalue weighted by molar-refractivity contribution is 0.110. The summed E-state index contributed by atoms with van der Waals surface area (Å²) < 4.78 is 0. The van der Waals surface area contributed by atoms with Crippen molar-refractivity contribution in [3.05, 3.63) is 0 Å². The summed E-state index contributed by atoms with van der Waals surface area (Å²) in [6.45, 7) is 6.85. The van der Waals surface area contributed by atoms with Gasteiger partial charge in [-0.1, -0.05) is 6.92 Å². The van der Waals surface area contributed by atoms with Gasteiger partial charge in [-0.3, -0.25) is 4.90 Å². The van der Waals surface area contributed by atoms with Gasteiger partial charge in [0.2, 0.25) is 0 Å². The number of piperidine rings is 1. The Morgan fingerprint density at radius 2 is 2.07 bits per heavy atom. The molecule has 2 atom stereocenters. The molecule has 2 fully saturated rings. The van der Waals surface area contributed by atoms with Crippen LogP contribution in [0.5, 0.6) is 0 Å². The van der Waals surface area contributed by atoms with Crippen molar-refractivity contribution in [2.24, 2.45) is 11.3 Å². The summed E-state index contributed by atoms with van der Waals surface area (Å²) >= 11 is 0. The predicted molar refractivity (Wildman–Crippen MR) is 56.7 cm³/mol. The van der Waals surface area contributed by atoms with Crippen LogP contribution in [0.25, 0.3) is 0 Å². The molecule has 2 aliphatic rings. The zero-order valence-corrected chi connectivity index (χ0v) is 9.29. The van der Waals surface area contributed by atoms with E-state index in [1.165, 1.54) is 19.4 Å². The zero-order valence-electron chi connectivity index (χ0n) is 9.29. The summed E-state index contributed by atoms with van der Waals surface area (Å²) in [5.74, 6) is 0.820. The highest BCUT2D eigenvalue weighted by molar-refractivity contribution is 5.11. The minimum Gasteiger partial charge on any atom is -0.299 e. The first-order valence-corrected chi connectivity index (χ1v) is 5.80. The molecule has 1 heterocycles. The van der Waals surface area contributed by atoms with E-state index in [0.29, 0.717) is 6.04 Å². The Kier molecular flexibility index (Phi) is 2.53. The predicted octanol–water partition coefficient (Wildman–Crippen LogP) is 2.41. The first kappa shape index (κ1) is 9.98. The van der Waals surface area contributed by atoms with E-state index in [4.69, 9.17) is 5.26 Å². The van der Waals surface area contributed by atoms with Crippen LogP contribution in [0.3, 0.4) is 0 Å². The fourth-order valence-corrected chi connectivity index (χ4v) is 2.45. The Hall–Kier alpha value is -0.550. The van der Waals surface area contributed by atoms with Crippen molar-refractivity contribution in [2.75, 3.05) is 13.1 Å². The lowest BCUT2D eigenvalue weighted by Gasteiger charge is -2.37. The maximum Gasteiger partial charge on any atom is 0.0703 e. The van der Waals surface area contributed by atoms with Crippen molar-refractivity contribution in [3.8, 4) is 6.07 Å². The Morgan fingerprint density at radius 3 is 2.64 bits per heavy atom. The zero-order chi connectivity index (χ0) is 10.2. The summed E-state index contributed by atoms with van der Waals surface area (Å²) in [7, 11) is 0. The van der Waals surface area contributed by atoms with Crippen molar-refractivity contribution in [2.45, 2.75) is 45.6 Å². The minimum atomic E-state index is 0.0469. The smallest absolute Gasteiger partial charge is 0.0703 e. The van der Waals surface area contributed by atoms with Gasteiger partial charge in [-0.2, -0.15) is 5.26 Å². The average molecular weight is 192 g/mol. The van der Waals surface area contributed by atoms with Crippen molar-refractivity contribution in [1.82, 2.24) is 4.90 Å². The molecule has 2 nitrogen and oxygen atoms in total. The van der Waals surface area contributed by atoms with Crippen molar-refractivity contribution in [3.63, 3.8) is 0 Å². The van der Waals surface area contributed by atoms with E-state index in [-0.39, 0.29) is 5.41 Å². The second-order valence-electron chi connectivity index (χ2n) is 5.35. The number of hydrogen-bond acceptors (Lipinski definition) is 2. The van der Waals surface area contributed by atoms with Gasteiger partial charge in [0, 0.05) is 19.1 Å². The van der Waals surface area contributed by atoms with Gasteiger partial charge in [-0.15, -0.1) is 0 Å². The van der Waals surface area contributed by atoms with E-state index in [0.717, 1.165) is 25.3 Å². The molecular formula is C12H20N2.